The topological polar surface area (TPSA) is 69.7 Å². The Morgan fingerprint density at radius 3 is 2.56 bits per heavy atom. The molecule has 0 saturated carbocycles. The van der Waals surface area contributed by atoms with Gasteiger partial charge in [0.25, 0.3) is 0 Å². The molecule has 2 aliphatic heterocycles. The standard InChI is InChI=1S/C20H26ClN3O3/c1-2-9-22-19(26)14-7-10-23(11-8-14)20(27)15-12-18(25)24(13-15)17-6-4-3-5-16(17)21/h3-6,14-15H,2,7-13H2,1H3,(H,22,26). The summed E-state index contributed by atoms with van der Waals surface area (Å²) in [6, 6.07) is 7.19. The second-order valence-corrected chi connectivity index (χ2v) is 7.65. The third-order valence-electron chi connectivity index (χ3n) is 5.34. The molecule has 0 radical (unpaired) electrons. The van der Waals surface area contributed by atoms with E-state index in [2.05, 4.69) is 5.32 Å². The molecule has 1 aromatic carbocycles. The molecule has 0 bridgehead atoms. The van der Waals surface area contributed by atoms with E-state index in [4.69, 9.17) is 11.6 Å². The van der Waals surface area contributed by atoms with Gasteiger partial charge in [0.05, 0.1) is 16.6 Å². The summed E-state index contributed by atoms with van der Waals surface area (Å²) < 4.78 is 0. The molecule has 2 aliphatic rings. The van der Waals surface area contributed by atoms with Crippen molar-refractivity contribution in [2.45, 2.75) is 32.6 Å². The number of likely N-dealkylation sites (tertiary alicyclic amines) is 1. The Hall–Kier alpha value is -2.08. The molecule has 27 heavy (non-hydrogen) atoms. The van der Waals surface area contributed by atoms with Gasteiger partial charge in [0.1, 0.15) is 0 Å². The highest BCUT2D eigenvalue weighted by atomic mass is 35.5. The Morgan fingerprint density at radius 1 is 1.19 bits per heavy atom. The van der Waals surface area contributed by atoms with Crippen LogP contribution in [0.15, 0.2) is 24.3 Å². The molecule has 7 heteroatoms. The summed E-state index contributed by atoms with van der Waals surface area (Å²) in [5, 5.41) is 3.44. The number of rotatable bonds is 5. The number of nitrogens with zero attached hydrogens (tertiary/aromatic N) is 2. The van der Waals surface area contributed by atoms with Crippen LogP contribution in [0.2, 0.25) is 5.02 Å². The van der Waals surface area contributed by atoms with Gasteiger partial charge in [0.2, 0.25) is 17.7 Å². The summed E-state index contributed by atoms with van der Waals surface area (Å²) in [5.41, 5.74) is 0.658. The largest absolute Gasteiger partial charge is 0.356 e. The minimum atomic E-state index is -0.348. The number of hydrogen-bond donors (Lipinski definition) is 1. The minimum Gasteiger partial charge on any atom is -0.356 e. The number of para-hydroxylation sites is 1. The van der Waals surface area contributed by atoms with Gasteiger partial charge in [-0.25, -0.2) is 0 Å². The van der Waals surface area contributed by atoms with Gasteiger partial charge in [-0.3, -0.25) is 14.4 Å². The zero-order valence-electron chi connectivity index (χ0n) is 15.6. The fraction of sp³-hybridized carbons (Fsp3) is 0.550. The molecule has 6 nitrogen and oxygen atoms in total. The van der Waals surface area contributed by atoms with E-state index in [-0.39, 0.29) is 36.0 Å². The third kappa shape index (κ3) is 4.43. The van der Waals surface area contributed by atoms with Gasteiger partial charge >= 0.3 is 0 Å². The van der Waals surface area contributed by atoms with Crippen LogP contribution >= 0.6 is 11.6 Å². The van der Waals surface area contributed by atoms with Crippen molar-refractivity contribution in [3.8, 4) is 0 Å². The number of anilines is 1. The number of hydrogen-bond acceptors (Lipinski definition) is 3. The number of piperidine rings is 1. The summed E-state index contributed by atoms with van der Waals surface area (Å²) in [5.74, 6) is -0.352. The first kappa shape index (κ1) is 19.7. The zero-order valence-corrected chi connectivity index (χ0v) is 16.4. The first-order valence-electron chi connectivity index (χ1n) is 9.62. The molecule has 2 heterocycles. The monoisotopic (exact) mass is 391 g/mol. The van der Waals surface area contributed by atoms with Gasteiger partial charge in [-0.1, -0.05) is 30.7 Å². The first-order valence-corrected chi connectivity index (χ1v) is 10.0. The van der Waals surface area contributed by atoms with Crippen LogP contribution in [-0.4, -0.2) is 48.8 Å². The van der Waals surface area contributed by atoms with Gasteiger partial charge in [0, 0.05) is 38.5 Å². The molecule has 1 N–H and O–H groups in total. The lowest BCUT2D eigenvalue weighted by Gasteiger charge is -2.33. The maximum Gasteiger partial charge on any atom is 0.228 e. The molecule has 146 valence electrons. The third-order valence-corrected chi connectivity index (χ3v) is 5.66. The second-order valence-electron chi connectivity index (χ2n) is 7.25. The van der Waals surface area contributed by atoms with Gasteiger partial charge in [0.15, 0.2) is 0 Å². The lowest BCUT2D eigenvalue weighted by Crippen LogP contribution is -2.45. The first-order chi connectivity index (χ1) is 13.0. The van der Waals surface area contributed by atoms with E-state index in [1.165, 1.54) is 0 Å². The highest BCUT2D eigenvalue weighted by Crippen LogP contribution is 2.32. The van der Waals surface area contributed by atoms with Crippen molar-refractivity contribution in [1.82, 2.24) is 10.2 Å². The fourth-order valence-corrected chi connectivity index (χ4v) is 4.03. The molecular formula is C20H26ClN3O3. The number of halogens is 1. The van der Waals surface area contributed by atoms with Gasteiger partial charge < -0.3 is 15.1 Å². The lowest BCUT2D eigenvalue weighted by molar-refractivity contribution is -0.139. The Kier molecular flexibility index (Phi) is 6.37. The molecule has 2 fully saturated rings. The Morgan fingerprint density at radius 2 is 1.89 bits per heavy atom. The van der Waals surface area contributed by atoms with Crippen LogP contribution < -0.4 is 10.2 Å². The summed E-state index contributed by atoms with van der Waals surface area (Å²) in [4.78, 5) is 40.8. The summed E-state index contributed by atoms with van der Waals surface area (Å²) in [6.07, 6.45) is 2.48. The van der Waals surface area contributed by atoms with E-state index >= 15 is 0 Å². The Balaban J connectivity index is 1.56. The summed E-state index contributed by atoms with van der Waals surface area (Å²) >= 11 is 6.20. The van der Waals surface area contributed by atoms with Crippen molar-refractivity contribution in [1.29, 1.82) is 0 Å². The van der Waals surface area contributed by atoms with Crippen LogP contribution in [0.4, 0.5) is 5.69 Å². The molecule has 1 aromatic rings. The van der Waals surface area contributed by atoms with E-state index in [1.807, 2.05) is 19.1 Å². The maximum absolute atomic E-state index is 12.9. The van der Waals surface area contributed by atoms with Crippen molar-refractivity contribution in [2.75, 3.05) is 31.1 Å². The van der Waals surface area contributed by atoms with Gasteiger partial charge in [-0.2, -0.15) is 0 Å². The van der Waals surface area contributed by atoms with Crippen LogP contribution in [0.3, 0.4) is 0 Å². The molecule has 0 aliphatic carbocycles. The predicted octanol–water partition coefficient (Wildman–Crippen LogP) is 2.46. The van der Waals surface area contributed by atoms with Crippen molar-refractivity contribution in [2.24, 2.45) is 11.8 Å². The average molecular weight is 392 g/mol. The fourth-order valence-electron chi connectivity index (χ4n) is 3.79. The lowest BCUT2D eigenvalue weighted by atomic mass is 9.94. The predicted molar refractivity (Wildman–Crippen MR) is 105 cm³/mol. The van der Waals surface area contributed by atoms with Crippen LogP contribution in [0.1, 0.15) is 32.6 Å². The van der Waals surface area contributed by atoms with Crippen molar-refractivity contribution >= 4 is 35.0 Å². The van der Waals surface area contributed by atoms with Crippen molar-refractivity contribution in [3.63, 3.8) is 0 Å². The highest BCUT2D eigenvalue weighted by Gasteiger charge is 2.39. The molecule has 3 amide bonds. The number of nitrogens with one attached hydrogen (secondary N) is 1. The van der Waals surface area contributed by atoms with Gasteiger partial charge in [-0.15, -0.1) is 0 Å². The van der Waals surface area contributed by atoms with E-state index < -0.39 is 0 Å². The molecule has 1 atom stereocenters. The normalized spacial score (nSPS) is 20.8. The van der Waals surface area contributed by atoms with Crippen LogP contribution in [0.5, 0.6) is 0 Å². The number of carbonyl (C=O) groups is 3. The molecule has 0 spiro atoms. The minimum absolute atomic E-state index is 0.00493. The van der Waals surface area contributed by atoms with Crippen molar-refractivity contribution in [3.05, 3.63) is 29.3 Å². The molecule has 0 aromatic heterocycles. The quantitative estimate of drug-likeness (QED) is 0.838. The summed E-state index contributed by atoms with van der Waals surface area (Å²) in [7, 11) is 0. The van der Waals surface area contributed by atoms with Crippen LogP contribution in [-0.2, 0) is 14.4 Å². The molecule has 1 unspecified atom stereocenters. The average Bonchev–Trinajstić information content (AvgIpc) is 3.07. The SMILES string of the molecule is CCCNC(=O)C1CCN(C(=O)C2CC(=O)N(c3ccccc3Cl)C2)CC1. The molecule has 3 rings (SSSR count). The maximum atomic E-state index is 12.9. The molecule has 2 saturated heterocycles. The Labute approximate surface area is 164 Å². The highest BCUT2D eigenvalue weighted by molar-refractivity contribution is 6.33. The number of benzene rings is 1. The van der Waals surface area contributed by atoms with Crippen molar-refractivity contribution < 1.29 is 14.4 Å². The second kappa shape index (κ2) is 8.74. The van der Waals surface area contributed by atoms with E-state index in [0.29, 0.717) is 49.7 Å². The Bertz CT molecular complexity index is 716. The van der Waals surface area contributed by atoms with Crippen LogP contribution in [0.25, 0.3) is 0 Å². The zero-order chi connectivity index (χ0) is 19.4. The summed E-state index contributed by atoms with van der Waals surface area (Å²) in [6.45, 7) is 4.22. The number of carbonyl (C=O) groups excluding carboxylic acids is 3. The molecular weight excluding hydrogens is 366 g/mol. The van der Waals surface area contributed by atoms with Crippen LogP contribution in [0, 0.1) is 11.8 Å². The van der Waals surface area contributed by atoms with Gasteiger partial charge in [-0.05, 0) is 31.4 Å². The van der Waals surface area contributed by atoms with E-state index in [1.54, 1.807) is 21.9 Å². The van der Waals surface area contributed by atoms with E-state index in [0.717, 1.165) is 6.42 Å². The van der Waals surface area contributed by atoms with E-state index in [9.17, 15) is 14.4 Å². The smallest absolute Gasteiger partial charge is 0.228 e. The number of amides is 3.